The first-order valence-electron chi connectivity index (χ1n) is 17.2. The predicted octanol–water partition coefficient (Wildman–Crippen LogP) is 11.4. The van der Waals surface area contributed by atoms with E-state index in [0.717, 1.165) is 22.8 Å². The highest BCUT2D eigenvalue weighted by Crippen LogP contribution is 2.38. The molecule has 0 saturated heterocycles. The van der Waals surface area contributed by atoms with Crippen LogP contribution in [0.2, 0.25) is 0 Å². The van der Waals surface area contributed by atoms with E-state index in [1.807, 2.05) is 24.3 Å². The Labute approximate surface area is 292 Å². The number of nitrogens with zero attached hydrogens (tertiary/aromatic N) is 3. The van der Waals surface area contributed by atoms with Crippen molar-refractivity contribution >= 4 is 44.0 Å². The number of benzene rings is 8. The Kier molecular flexibility index (Phi) is 7.51. The molecule has 50 heavy (non-hydrogen) atoms. The molecule has 0 spiro atoms. The predicted molar refractivity (Wildman–Crippen MR) is 211 cm³/mol. The molecule has 9 rings (SSSR count). The van der Waals surface area contributed by atoms with Gasteiger partial charge in [0.05, 0.1) is 6.04 Å². The van der Waals surface area contributed by atoms with Crippen molar-refractivity contribution in [3.63, 3.8) is 0 Å². The van der Waals surface area contributed by atoms with Crippen LogP contribution in [0.25, 0.3) is 54.6 Å². The van der Waals surface area contributed by atoms with E-state index in [0.29, 0.717) is 6.54 Å². The minimum Gasteiger partial charge on any atom is -0.357 e. The molecule has 8 aromatic carbocycles. The molecular formula is C47H35N3. The lowest BCUT2D eigenvalue weighted by Gasteiger charge is -2.23. The van der Waals surface area contributed by atoms with Gasteiger partial charge < -0.3 is 4.90 Å². The SMILES string of the molecule is CN1CC(c2cccc(-c3cccc(-c4ccc5c6ccccc6c6ccccc6c5c4)c3)c2)N=C(c2ccccc2)N=C1c1ccccc1. The first kappa shape index (κ1) is 29.8. The molecule has 3 heteroatoms. The molecule has 0 radical (unpaired) electrons. The van der Waals surface area contributed by atoms with Gasteiger partial charge in [0.15, 0.2) is 5.84 Å². The molecule has 1 heterocycles. The molecule has 1 unspecified atom stereocenters. The number of rotatable bonds is 5. The van der Waals surface area contributed by atoms with Gasteiger partial charge in [0.1, 0.15) is 5.84 Å². The van der Waals surface area contributed by atoms with E-state index in [9.17, 15) is 0 Å². The second kappa shape index (κ2) is 12.6. The Morgan fingerprint density at radius 2 is 0.900 bits per heavy atom. The van der Waals surface area contributed by atoms with Gasteiger partial charge in [-0.05, 0) is 78.3 Å². The van der Waals surface area contributed by atoms with E-state index >= 15 is 0 Å². The largest absolute Gasteiger partial charge is 0.357 e. The maximum absolute atomic E-state index is 5.30. The van der Waals surface area contributed by atoms with Crippen LogP contribution in [0.4, 0.5) is 0 Å². The highest BCUT2D eigenvalue weighted by atomic mass is 15.2. The molecule has 0 N–H and O–H groups in total. The third-order valence-electron chi connectivity index (χ3n) is 9.91. The second-order valence-electron chi connectivity index (χ2n) is 13.1. The number of hydrogen-bond acceptors (Lipinski definition) is 3. The summed E-state index contributed by atoms with van der Waals surface area (Å²) in [5.41, 5.74) is 8.04. The molecule has 0 bridgehead atoms. The van der Waals surface area contributed by atoms with Crippen LogP contribution in [0, 0.1) is 0 Å². The summed E-state index contributed by atoms with van der Waals surface area (Å²) in [7, 11) is 2.12. The van der Waals surface area contributed by atoms with Crippen LogP contribution in [0.5, 0.6) is 0 Å². The summed E-state index contributed by atoms with van der Waals surface area (Å²) in [4.78, 5) is 12.7. The van der Waals surface area contributed by atoms with Crippen LogP contribution < -0.4 is 0 Å². The first-order valence-corrected chi connectivity index (χ1v) is 17.2. The maximum atomic E-state index is 5.30. The van der Waals surface area contributed by atoms with Crippen molar-refractivity contribution in [2.45, 2.75) is 6.04 Å². The Morgan fingerprint density at radius 1 is 0.420 bits per heavy atom. The van der Waals surface area contributed by atoms with E-state index in [1.165, 1.54) is 60.1 Å². The van der Waals surface area contributed by atoms with Gasteiger partial charge in [0, 0.05) is 24.7 Å². The topological polar surface area (TPSA) is 28.0 Å². The van der Waals surface area contributed by atoms with E-state index < -0.39 is 0 Å². The molecule has 238 valence electrons. The zero-order valence-electron chi connectivity index (χ0n) is 27.9. The third kappa shape index (κ3) is 5.43. The van der Waals surface area contributed by atoms with E-state index in [2.05, 4.69) is 164 Å². The van der Waals surface area contributed by atoms with E-state index in [1.54, 1.807) is 0 Å². The van der Waals surface area contributed by atoms with Crippen molar-refractivity contribution in [1.29, 1.82) is 0 Å². The van der Waals surface area contributed by atoms with Crippen molar-refractivity contribution in [3.8, 4) is 22.3 Å². The summed E-state index contributed by atoms with van der Waals surface area (Å²) in [6, 6.07) is 62.9. The van der Waals surface area contributed by atoms with Gasteiger partial charge in [0.25, 0.3) is 0 Å². The molecule has 3 nitrogen and oxygen atoms in total. The summed E-state index contributed by atoms with van der Waals surface area (Å²) in [6.45, 7) is 0.716. The quantitative estimate of drug-likeness (QED) is 0.172. The third-order valence-corrected chi connectivity index (χ3v) is 9.91. The molecule has 0 fully saturated rings. The minimum absolute atomic E-state index is 0.0908. The highest BCUT2D eigenvalue weighted by Gasteiger charge is 2.23. The fraction of sp³-hybridized carbons (Fsp3) is 0.0638. The molecule has 0 aliphatic carbocycles. The zero-order valence-corrected chi connectivity index (χ0v) is 27.9. The summed E-state index contributed by atoms with van der Waals surface area (Å²) < 4.78 is 0. The molecule has 0 amide bonds. The lowest BCUT2D eigenvalue weighted by Crippen LogP contribution is -2.30. The summed E-state index contributed by atoms with van der Waals surface area (Å²) >= 11 is 0. The van der Waals surface area contributed by atoms with E-state index in [-0.39, 0.29) is 6.04 Å². The van der Waals surface area contributed by atoms with Gasteiger partial charge in [-0.25, -0.2) is 4.99 Å². The first-order chi connectivity index (χ1) is 24.7. The summed E-state index contributed by atoms with van der Waals surface area (Å²) in [5.74, 6) is 1.68. The average Bonchev–Trinajstić information content (AvgIpc) is 3.37. The molecule has 8 aromatic rings. The standard InChI is InChI=1S/C47H35N3/c1-50-31-45(48-46(32-14-4-2-5-15-32)49-47(50)33-16-6-3-7-17-33)38-21-13-20-36(29-38)34-18-12-19-35(28-34)37-26-27-43-41-24-9-8-22-39(41)40-23-10-11-25-42(40)44(43)30-37/h2-30,45H,31H2,1H3. The number of amidine groups is 2. The molecule has 1 aliphatic heterocycles. The number of hydrogen-bond donors (Lipinski definition) is 0. The van der Waals surface area contributed by atoms with Crippen molar-refractivity contribution in [2.75, 3.05) is 13.6 Å². The minimum atomic E-state index is -0.0908. The second-order valence-corrected chi connectivity index (χ2v) is 13.1. The van der Waals surface area contributed by atoms with E-state index in [4.69, 9.17) is 9.98 Å². The van der Waals surface area contributed by atoms with Crippen LogP contribution in [0.3, 0.4) is 0 Å². The van der Waals surface area contributed by atoms with Crippen molar-refractivity contribution in [3.05, 3.63) is 193 Å². The van der Waals surface area contributed by atoms with Gasteiger partial charge in [-0.1, -0.05) is 158 Å². The smallest absolute Gasteiger partial charge is 0.157 e. The van der Waals surface area contributed by atoms with Crippen molar-refractivity contribution in [2.24, 2.45) is 9.98 Å². The number of aliphatic imine (C=N–C) groups is 2. The summed E-state index contributed by atoms with van der Waals surface area (Å²) in [6.07, 6.45) is 0. The molecule has 1 atom stereocenters. The van der Waals surface area contributed by atoms with Crippen LogP contribution in [-0.2, 0) is 0 Å². The summed E-state index contributed by atoms with van der Waals surface area (Å²) in [5, 5.41) is 7.74. The molecular weight excluding hydrogens is 607 g/mol. The van der Waals surface area contributed by atoms with Gasteiger partial charge >= 0.3 is 0 Å². The van der Waals surface area contributed by atoms with Gasteiger partial charge in [0.2, 0.25) is 0 Å². The van der Waals surface area contributed by atoms with Crippen LogP contribution in [0.1, 0.15) is 22.7 Å². The zero-order chi connectivity index (χ0) is 33.4. The Balaban J connectivity index is 1.10. The molecule has 0 saturated carbocycles. The van der Waals surface area contributed by atoms with Gasteiger partial charge in [-0.15, -0.1) is 0 Å². The molecule has 1 aliphatic rings. The monoisotopic (exact) mass is 641 g/mol. The Hall–Kier alpha value is -6.32. The van der Waals surface area contributed by atoms with Gasteiger partial charge in [-0.3, -0.25) is 4.99 Å². The van der Waals surface area contributed by atoms with Crippen LogP contribution >= 0.6 is 0 Å². The van der Waals surface area contributed by atoms with Crippen LogP contribution in [-0.4, -0.2) is 30.2 Å². The normalized spacial score (nSPS) is 14.8. The fourth-order valence-electron chi connectivity index (χ4n) is 7.42. The fourth-order valence-corrected chi connectivity index (χ4v) is 7.42. The lowest BCUT2D eigenvalue weighted by molar-refractivity contribution is 0.463. The number of likely N-dealkylation sites (N-methyl/N-ethyl adjacent to an activating group) is 1. The Bertz CT molecular complexity index is 2550. The maximum Gasteiger partial charge on any atom is 0.157 e. The van der Waals surface area contributed by atoms with Crippen molar-refractivity contribution in [1.82, 2.24) is 4.90 Å². The van der Waals surface area contributed by atoms with Gasteiger partial charge in [-0.2, -0.15) is 0 Å². The molecule has 0 aromatic heterocycles. The number of fused-ring (bicyclic) bond motifs is 6. The average molecular weight is 642 g/mol. The van der Waals surface area contributed by atoms with Crippen molar-refractivity contribution < 1.29 is 0 Å². The lowest BCUT2D eigenvalue weighted by atomic mass is 9.91. The Morgan fingerprint density at radius 3 is 1.54 bits per heavy atom. The highest BCUT2D eigenvalue weighted by molar-refractivity contribution is 6.25. The van der Waals surface area contributed by atoms with Crippen LogP contribution in [0.15, 0.2) is 186 Å².